The minimum absolute atomic E-state index is 0. The molecule has 0 spiro atoms. The van der Waals surface area contributed by atoms with Crippen LogP contribution in [0.25, 0.3) is 54.6 Å². The molecule has 0 heterocycles. The number of phenols is 3. The Hall–Kier alpha value is -9.01. The Labute approximate surface area is 565 Å². The fourth-order valence-corrected chi connectivity index (χ4v) is 15.2. The van der Waals surface area contributed by atoms with Gasteiger partial charge >= 0.3 is 11.9 Å². The molecule has 17 nitrogen and oxygen atoms in total. The quantitative estimate of drug-likeness (QED) is 0.0260. The number of ketones is 1. The van der Waals surface area contributed by atoms with E-state index in [4.69, 9.17) is 10.2 Å². The number of carbonyl (C=O) groups is 3. The number of carboxylic acids is 2. The number of aryl methyl sites for hydroxylation is 2. The van der Waals surface area contributed by atoms with Gasteiger partial charge in [0.15, 0.2) is 0 Å². The number of anilines is 3. The number of carbonyl (C=O) groups excluding carboxylic acids is 1. The standard InChI is InChI=1S/2C25H21NO5S2.C19H16BrNO4S2.CH4/c2*1-16-6-8-17(9-7-16)18-10-12-19(13-11-18)33(30,31)26-22-14-23(32-15-24(27)28)25(29)21-5-3-2-4-20(21)22;1-12(22)11-26-18-10-17(15-4-2-3-5-16(15)19(18)23)21-27(24,25)14-8-6-13(20)7-9-14;/h2*2-14,26,29H,15H2,1H3,(H,27,28);2-10,21,23H,11H2,1H3;1H4. The van der Waals surface area contributed by atoms with Gasteiger partial charge in [0.25, 0.3) is 30.1 Å². The highest BCUT2D eigenvalue weighted by Gasteiger charge is 2.23. The molecule has 11 aromatic rings. The predicted octanol–water partition coefficient (Wildman–Crippen LogP) is 16.4. The second-order valence-corrected chi connectivity index (χ2v) is 29.9. The highest BCUT2D eigenvalue weighted by molar-refractivity contribution is 9.10. The molecule has 0 saturated heterocycles. The Balaban J connectivity index is 0.000000181. The van der Waals surface area contributed by atoms with Crippen molar-refractivity contribution in [1.82, 2.24) is 0 Å². The van der Waals surface area contributed by atoms with Gasteiger partial charge in [-0.15, -0.1) is 35.3 Å². The zero-order valence-corrected chi connectivity index (χ0v) is 56.1. The number of sulfonamides is 3. The number of phenolic OH excluding ortho intramolecular Hbond substituents is 3. The lowest BCUT2D eigenvalue weighted by molar-refractivity contribution is -0.134. The lowest BCUT2D eigenvalue weighted by atomic mass is 10.0. The first-order chi connectivity index (χ1) is 44.3. The second-order valence-electron chi connectivity index (χ2n) is 20.9. The van der Waals surface area contributed by atoms with Gasteiger partial charge in [-0.1, -0.05) is 180 Å². The number of aliphatic carboxylic acids is 2. The smallest absolute Gasteiger partial charge is 0.313 e. The summed E-state index contributed by atoms with van der Waals surface area (Å²) in [5.41, 5.74) is 6.93. The highest BCUT2D eigenvalue weighted by atomic mass is 79.9. The Kier molecular flexibility index (Phi) is 23.2. The predicted molar refractivity (Wildman–Crippen MR) is 381 cm³/mol. The molecule has 0 aromatic heterocycles. The number of hydrogen-bond donors (Lipinski definition) is 8. The molecule has 0 radical (unpaired) electrons. The van der Waals surface area contributed by atoms with Crippen molar-refractivity contribution in [3.63, 3.8) is 0 Å². The lowest BCUT2D eigenvalue weighted by Crippen LogP contribution is -2.13. The number of fused-ring (bicyclic) bond motifs is 3. The molecule has 484 valence electrons. The molecular weight excluding hydrogens is 1380 g/mol. The van der Waals surface area contributed by atoms with Crippen LogP contribution >= 0.6 is 51.2 Å². The van der Waals surface area contributed by atoms with Gasteiger partial charge in [0.1, 0.15) is 23.0 Å². The van der Waals surface area contributed by atoms with Crippen LogP contribution in [0.4, 0.5) is 17.1 Å². The first-order valence-electron chi connectivity index (χ1n) is 28.0. The van der Waals surface area contributed by atoms with E-state index in [2.05, 4.69) is 30.1 Å². The zero-order valence-electron chi connectivity index (χ0n) is 49.6. The average Bonchev–Trinajstić information content (AvgIpc) is 0.796. The van der Waals surface area contributed by atoms with Crippen molar-refractivity contribution in [1.29, 1.82) is 0 Å². The van der Waals surface area contributed by atoms with E-state index in [0.29, 0.717) is 42.9 Å². The summed E-state index contributed by atoms with van der Waals surface area (Å²) < 4.78 is 86.6. The van der Waals surface area contributed by atoms with E-state index in [0.717, 1.165) is 61.4 Å². The van der Waals surface area contributed by atoms with E-state index in [-0.39, 0.29) is 83.6 Å². The van der Waals surface area contributed by atoms with E-state index in [1.807, 2.05) is 62.4 Å². The molecule has 0 atom stereocenters. The Morgan fingerprint density at radius 3 is 0.894 bits per heavy atom. The van der Waals surface area contributed by atoms with Crippen molar-refractivity contribution in [2.45, 2.75) is 57.6 Å². The molecule has 0 aliphatic rings. The van der Waals surface area contributed by atoms with E-state index in [1.54, 1.807) is 140 Å². The summed E-state index contributed by atoms with van der Waals surface area (Å²) in [5.74, 6) is -2.59. The summed E-state index contributed by atoms with van der Waals surface area (Å²) >= 11 is 6.30. The van der Waals surface area contributed by atoms with Gasteiger partial charge in [-0.05, 0) is 110 Å². The van der Waals surface area contributed by atoms with E-state index < -0.39 is 42.0 Å². The molecule has 0 saturated carbocycles. The molecule has 0 unspecified atom stereocenters. The van der Waals surface area contributed by atoms with Crippen molar-refractivity contribution < 1.29 is 65.2 Å². The number of Topliss-reactive ketones (excluding diaryl/α,β-unsaturated/α-hetero) is 1. The van der Waals surface area contributed by atoms with Gasteiger partial charge in [-0.2, -0.15) is 0 Å². The molecule has 0 aliphatic carbocycles. The van der Waals surface area contributed by atoms with Gasteiger partial charge in [0.05, 0.1) is 63.7 Å². The number of halogens is 1. The van der Waals surface area contributed by atoms with Crippen LogP contribution in [0.3, 0.4) is 0 Å². The maximum Gasteiger partial charge on any atom is 0.313 e. The minimum atomic E-state index is -3.93. The van der Waals surface area contributed by atoms with Gasteiger partial charge in [0.2, 0.25) is 0 Å². The molecule has 0 bridgehead atoms. The summed E-state index contributed by atoms with van der Waals surface area (Å²) in [6.07, 6.45) is 0. The summed E-state index contributed by atoms with van der Waals surface area (Å²) in [6.45, 7) is 5.47. The van der Waals surface area contributed by atoms with Crippen molar-refractivity contribution in [2.24, 2.45) is 0 Å². The van der Waals surface area contributed by atoms with Crippen molar-refractivity contribution in [3.8, 4) is 39.5 Å². The maximum absolute atomic E-state index is 13.1. The van der Waals surface area contributed by atoms with E-state index >= 15 is 0 Å². The van der Waals surface area contributed by atoms with E-state index in [1.165, 1.54) is 43.0 Å². The largest absolute Gasteiger partial charge is 0.506 e. The number of nitrogens with one attached hydrogen (secondary N) is 3. The zero-order chi connectivity index (χ0) is 66.8. The second kappa shape index (κ2) is 30.8. The van der Waals surface area contributed by atoms with Crippen LogP contribution in [0.2, 0.25) is 0 Å². The Bertz CT molecular complexity index is 4740. The third-order valence-corrected chi connectivity index (χ3v) is 21.9. The third-order valence-electron chi connectivity index (χ3n) is 14.0. The van der Waals surface area contributed by atoms with Crippen LogP contribution in [-0.4, -0.2) is 85.8 Å². The summed E-state index contributed by atoms with van der Waals surface area (Å²) in [4.78, 5) is 34.6. The SMILES string of the molecule is C.CC(=O)CSc1cc(NS(=O)(=O)c2ccc(Br)cc2)c2ccccc2c1O.Cc1ccc(-c2ccc(S(=O)(=O)Nc3cc(SCC(=O)O)c(O)c4ccccc34)cc2)cc1.Cc1ccc(-c2ccc(S(=O)(=O)Nc3cc(SCC(=O)O)c(O)c4ccccc34)cc2)cc1. The molecule has 11 rings (SSSR count). The molecule has 24 heteroatoms. The third kappa shape index (κ3) is 17.6. The number of benzene rings is 11. The Morgan fingerprint density at radius 2 is 0.628 bits per heavy atom. The normalized spacial score (nSPS) is 11.3. The van der Waals surface area contributed by atoms with Gasteiger partial charge in [-0.25, -0.2) is 25.3 Å². The topological polar surface area (TPSA) is 291 Å². The number of hydrogen-bond acceptors (Lipinski definition) is 15. The van der Waals surface area contributed by atoms with Crippen LogP contribution in [0.1, 0.15) is 25.5 Å². The van der Waals surface area contributed by atoms with E-state index in [9.17, 15) is 55.0 Å². The van der Waals surface area contributed by atoms with Crippen LogP contribution in [-0.2, 0) is 44.5 Å². The summed E-state index contributed by atoms with van der Waals surface area (Å²) in [5, 5.41) is 52.6. The van der Waals surface area contributed by atoms with Crippen LogP contribution in [0.15, 0.2) is 246 Å². The van der Waals surface area contributed by atoms with Gasteiger partial charge in [0, 0.05) is 36.8 Å². The molecule has 94 heavy (non-hydrogen) atoms. The van der Waals surface area contributed by atoms with Crippen molar-refractivity contribution >= 4 is 148 Å². The first-order valence-corrected chi connectivity index (χ1v) is 36.2. The average molecular weight is 1440 g/mol. The first kappa shape index (κ1) is 70.9. The van der Waals surface area contributed by atoms with Gasteiger partial charge < -0.3 is 25.5 Å². The molecule has 8 N–H and O–H groups in total. The van der Waals surface area contributed by atoms with Crippen LogP contribution in [0, 0.1) is 13.8 Å². The monoisotopic (exact) mass is 1440 g/mol. The lowest BCUT2D eigenvalue weighted by Gasteiger charge is -2.15. The molecule has 0 aliphatic heterocycles. The number of aromatic hydroxyl groups is 3. The Morgan fingerprint density at radius 1 is 0.383 bits per heavy atom. The minimum Gasteiger partial charge on any atom is -0.506 e. The van der Waals surface area contributed by atoms with Crippen molar-refractivity contribution in [2.75, 3.05) is 31.4 Å². The molecule has 0 fully saturated rings. The van der Waals surface area contributed by atoms with Crippen LogP contribution in [0.5, 0.6) is 17.2 Å². The fourth-order valence-electron chi connectivity index (χ4n) is 9.41. The van der Waals surface area contributed by atoms with Crippen LogP contribution < -0.4 is 14.2 Å². The fraction of sp³-hybridized carbons (Fsp3) is 0.100. The number of rotatable bonds is 20. The molecular formula is C70H62BrN3O14S6. The molecule has 0 amide bonds. The summed E-state index contributed by atoms with van der Waals surface area (Å²) in [7, 11) is -11.7. The molecule has 11 aromatic carbocycles. The number of thioether (sulfide) groups is 3. The summed E-state index contributed by atoms with van der Waals surface area (Å²) in [6, 6.07) is 60.4. The van der Waals surface area contributed by atoms with Crippen molar-refractivity contribution in [3.05, 3.63) is 228 Å². The maximum atomic E-state index is 13.1. The van der Waals surface area contributed by atoms with Gasteiger partial charge in [-0.3, -0.25) is 28.5 Å². The highest BCUT2D eigenvalue weighted by Crippen LogP contribution is 2.44. The number of carboxylic acid groups (broad SMARTS) is 2.